The fourth-order valence-electron chi connectivity index (χ4n) is 2.52. The number of hydrogen-bond acceptors (Lipinski definition) is 1. The van der Waals surface area contributed by atoms with Crippen molar-refractivity contribution >= 4 is 5.91 Å². The summed E-state index contributed by atoms with van der Waals surface area (Å²) in [5, 5.41) is 0. The Morgan fingerprint density at radius 2 is 1.50 bits per heavy atom. The van der Waals surface area contributed by atoms with Crippen LogP contribution in [0.15, 0.2) is 60.7 Å². The maximum absolute atomic E-state index is 13.8. The Morgan fingerprint density at radius 1 is 0.950 bits per heavy atom. The molecule has 2 aromatic carbocycles. The minimum Gasteiger partial charge on any atom is -0.319 e. The molecule has 20 heavy (non-hydrogen) atoms. The summed E-state index contributed by atoms with van der Waals surface area (Å²) in [6.07, 6.45) is 0. The van der Waals surface area contributed by atoms with E-state index in [0.717, 1.165) is 5.56 Å². The molecule has 0 bridgehead atoms. The van der Waals surface area contributed by atoms with E-state index < -0.39 is 17.9 Å². The summed E-state index contributed by atoms with van der Waals surface area (Å²) in [5.74, 6) is -4.41. The molecule has 0 radical (unpaired) electrons. The van der Waals surface area contributed by atoms with Gasteiger partial charge in [0.05, 0.1) is 0 Å². The molecule has 1 aliphatic rings. The van der Waals surface area contributed by atoms with Crippen LogP contribution < -0.4 is 0 Å². The predicted molar refractivity (Wildman–Crippen MR) is 71.1 cm³/mol. The lowest BCUT2D eigenvalue weighted by Crippen LogP contribution is -2.63. The SMILES string of the molecule is O=C1N(Cc2ccccc2)[C@H](c2ccccc2)C1(F)F. The molecule has 0 saturated carbocycles. The molecule has 2 nitrogen and oxygen atoms in total. The van der Waals surface area contributed by atoms with Gasteiger partial charge in [0.1, 0.15) is 6.04 Å². The second kappa shape index (κ2) is 4.71. The zero-order chi connectivity index (χ0) is 14.2. The Bertz CT molecular complexity index is 613. The van der Waals surface area contributed by atoms with Crippen LogP contribution in [0, 0.1) is 0 Å². The van der Waals surface area contributed by atoms with Crippen LogP contribution in [0.5, 0.6) is 0 Å². The van der Waals surface area contributed by atoms with Gasteiger partial charge in [-0.1, -0.05) is 60.7 Å². The quantitative estimate of drug-likeness (QED) is 0.785. The van der Waals surface area contributed by atoms with Gasteiger partial charge in [-0.15, -0.1) is 0 Å². The average molecular weight is 273 g/mol. The van der Waals surface area contributed by atoms with Gasteiger partial charge in [0.15, 0.2) is 0 Å². The Kier molecular flexibility index (Phi) is 3.01. The van der Waals surface area contributed by atoms with Crippen molar-refractivity contribution in [3.05, 3.63) is 71.8 Å². The largest absolute Gasteiger partial charge is 0.348 e. The van der Waals surface area contributed by atoms with Crippen molar-refractivity contribution in [1.82, 2.24) is 4.90 Å². The fourth-order valence-corrected chi connectivity index (χ4v) is 2.52. The first-order chi connectivity index (χ1) is 9.60. The number of likely N-dealkylation sites (tertiary alicyclic amines) is 1. The topological polar surface area (TPSA) is 20.3 Å². The summed E-state index contributed by atoms with van der Waals surface area (Å²) in [6, 6.07) is 16.4. The van der Waals surface area contributed by atoms with Crippen LogP contribution in [0.3, 0.4) is 0 Å². The van der Waals surface area contributed by atoms with Crippen LogP contribution in [0.1, 0.15) is 17.2 Å². The Morgan fingerprint density at radius 3 is 2.10 bits per heavy atom. The number of benzene rings is 2. The molecule has 0 unspecified atom stereocenters. The van der Waals surface area contributed by atoms with E-state index in [4.69, 9.17) is 0 Å². The number of alkyl halides is 2. The van der Waals surface area contributed by atoms with Gasteiger partial charge in [-0.3, -0.25) is 4.79 Å². The van der Waals surface area contributed by atoms with Gasteiger partial charge in [-0.05, 0) is 11.1 Å². The number of hydrogen-bond donors (Lipinski definition) is 0. The Hall–Kier alpha value is -2.23. The normalized spacial score (nSPS) is 20.6. The first-order valence-corrected chi connectivity index (χ1v) is 6.38. The summed E-state index contributed by atoms with van der Waals surface area (Å²) in [7, 11) is 0. The number of nitrogens with zero attached hydrogens (tertiary/aromatic N) is 1. The highest BCUT2D eigenvalue weighted by Crippen LogP contribution is 2.47. The highest BCUT2D eigenvalue weighted by molar-refractivity contribution is 5.91. The van der Waals surface area contributed by atoms with Crippen LogP contribution in [0.25, 0.3) is 0 Å². The van der Waals surface area contributed by atoms with E-state index in [0.29, 0.717) is 5.56 Å². The maximum Gasteiger partial charge on any atom is 0.348 e. The van der Waals surface area contributed by atoms with Crippen LogP contribution in [-0.4, -0.2) is 16.7 Å². The van der Waals surface area contributed by atoms with E-state index >= 15 is 0 Å². The van der Waals surface area contributed by atoms with Gasteiger partial charge in [-0.2, -0.15) is 8.78 Å². The van der Waals surface area contributed by atoms with Crippen molar-refractivity contribution in [3.8, 4) is 0 Å². The molecule has 0 N–H and O–H groups in total. The van der Waals surface area contributed by atoms with Crippen molar-refractivity contribution in [2.75, 3.05) is 0 Å². The average Bonchev–Trinajstić information content (AvgIpc) is 2.48. The van der Waals surface area contributed by atoms with Crippen LogP contribution in [0.2, 0.25) is 0 Å². The minimum atomic E-state index is -3.31. The lowest BCUT2D eigenvalue weighted by atomic mass is 9.89. The fraction of sp³-hybridized carbons (Fsp3) is 0.188. The molecule has 0 spiro atoms. The van der Waals surface area contributed by atoms with Crippen molar-refractivity contribution in [2.45, 2.75) is 18.5 Å². The highest BCUT2D eigenvalue weighted by Gasteiger charge is 2.63. The molecule has 1 heterocycles. The van der Waals surface area contributed by atoms with E-state index in [9.17, 15) is 13.6 Å². The molecular formula is C16H13F2NO. The van der Waals surface area contributed by atoms with Crippen molar-refractivity contribution < 1.29 is 13.6 Å². The van der Waals surface area contributed by atoms with Gasteiger partial charge in [0, 0.05) is 6.54 Å². The summed E-state index contributed by atoms with van der Waals surface area (Å²) in [5.41, 5.74) is 1.31. The number of halogens is 2. The smallest absolute Gasteiger partial charge is 0.319 e. The molecule has 2 aromatic rings. The number of rotatable bonds is 3. The number of carbonyl (C=O) groups excluding carboxylic acids is 1. The molecule has 1 aliphatic heterocycles. The molecule has 0 aliphatic carbocycles. The van der Waals surface area contributed by atoms with Crippen molar-refractivity contribution in [3.63, 3.8) is 0 Å². The molecule has 3 rings (SSSR count). The van der Waals surface area contributed by atoms with Crippen molar-refractivity contribution in [1.29, 1.82) is 0 Å². The third-order valence-corrected chi connectivity index (χ3v) is 3.51. The summed E-state index contributed by atoms with van der Waals surface area (Å²) in [6.45, 7) is 0.203. The first-order valence-electron chi connectivity index (χ1n) is 6.38. The predicted octanol–water partition coefficient (Wildman–Crippen LogP) is 3.41. The van der Waals surface area contributed by atoms with Crippen molar-refractivity contribution in [2.24, 2.45) is 0 Å². The standard InChI is InChI=1S/C16H13F2NO/c17-16(18)14(13-9-5-2-6-10-13)19(15(16)20)11-12-7-3-1-4-8-12/h1-10,14H,11H2/t14-/m1/s1. The molecular weight excluding hydrogens is 260 g/mol. The van der Waals surface area contributed by atoms with Gasteiger partial charge < -0.3 is 4.90 Å². The zero-order valence-corrected chi connectivity index (χ0v) is 10.7. The molecule has 1 atom stereocenters. The molecule has 1 saturated heterocycles. The lowest BCUT2D eigenvalue weighted by Gasteiger charge is -2.46. The summed E-state index contributed by atoms with van der Waals surface area (Å²) in [4.78, 5) is 12.9. The minimum absolute atomic E-state index is 0.203. The first kappa shape index (κ1) is 12.8. The van der Waals surface area contributed by atoms with Gasteiger partial charge in [-0.25, -0.2) is 0 Å². The Labute approximate surface area is 115 Å². The third kappa shape index (κ3) is 1.97. The number of β-lactam (4-membered cyclic amide) rings is 1. The summed E-state index contributed by atoms with van der Waals surface area (Å²) >= 11 is 0. The molecule has 1 fully saturated rings. The number of carbonyl (C=O) groups is 1. The molecule has 102 valence electrons. The van der Waals surface area contributed by atoms with Crippen LogP contribution in [0.4, 0.5) is 8.78 Å². The Balaban J connectivity index is 1.88. The maximum atomic E-state index is 13.8. The van der Waals surface area contributed by atoms with Crippen LogP contribution in [-0.2, 0) is 11.3 Å². The number of amides is 1. The molecule has 1 amide bonds. The van der Waals surface area contributed by atoms with E-state index in [1.807, 2.05) is 30.3 Å². The monoisotopic (exact) mass is 273 g/mol. The second-order valence-electron chi connectivity index (χ2n) is 4.85. The molecule has 4 heteroatoms. The highest BCUT2D eigenvalue weighted by atomic mass is 19.3. The molecule has 0 aromatic heterocycles. The van der Waals surface area contributed by atoms with Gasteiger partial charge in [0.2, 0.25) is 0 Å². The van der Waals surface area contributed by atoms with E-state index in [1.54, 1.807) is 30.3 Å². The van der Waals surface area contributed by atoms with E-state index in [-0.39, 0.29) is 6.54 Å². The lowest BCUT2D eigenvalue weighted by molar-refractivity contribution is -0.207. The van der Waals surface area contributed by atoms with E-state index in [2.05, 4.69) is 0 Å². The summed E-state index contributed by atoms with van der Waals surface area (Å²) < 4.78 is 27.7. The second-order valence-corrected chi connectivity index (χ2v) is 4.85. The zero-order valence-electron chi connectivity index (χ0n) is 10.7. The van der Waals surface area contributed by atoms with Gasteiger partial charge in [0.25, 0.3) is 5.91 Å². The van der Waals surface area contributed by atoms with E-state index in [1.165, 1.54) is 4.90 Å². The van der Waals surface area contributed by atoms with Gasteiger partial charge >= 0.3 is 5.92 Å². The third-order valence-electron chi connectivity index (χ3n) is 3.51. The van der Waals surface area contributed by atoms with Crippen LogP contribution >= 0.6 is 0 Å².